The van der Waals surface area contributed by atoms with Crippen LogP contribution in [-0.2, 0) is 23.1 Å². The number of nitrogens with zero attached hydrogens (tertiary/aromatic N) is 2. The topological polar surface area (TPSA) is 51.5 Å². The lowest BCUT2D eigenvalue weighted by Crippen LogP contribution is -2.42. The molecule has 5 heteroatoms. The number of carbonyl (C=O) groups excluding carboxylic acids is 1. The Morgan fingerprint density at radius 1 is 1.00 bits per heavy atom. The molecule has 1 aliphatic carbocycles. The monoisotopic (exact) mass is 486 g/mol. The Bertz CT molecular complexity index is 1220. The molecule has 0 N–H and O–H groups in total. The van der Waals surface area contributed by atoms with E-state index < -0.39 is 0 Å². The van der Waals surface area contributed by atoms with Gasteiger partial charge >= 0.3 is 0 Å². The van der Waals surface area contributed by atoms with E-state index in [0.717, 1.165) is 62.6 Å². The van der Waals surface area contributed by atoms with Gasteiger partial charge in [0.1, 0.15) is 0 Å². The number of fused-ring (bicyclic) bond motifs is 1. The minimum absolute atomic E-state index is 0.0209. The third-order valence-corrected chi connectivity index (χ3v) is 8.24. The maximum atomic E-state index is 14.0. The van der Waals surface area contributed by atoms with E-state index in [1.807, 2.05) is 48.3 Å². The molecule has 36 heavy (non-hydrogen) atoms. The summed E-state index contributed by atoms with van der Waals surface area (Å²) in [5.74, 6) is 0.815. The summed E-state index contributed by atoms with van der Waals surface area (Å²) in [5, 5.41) is 1.03. The molecule has 2 aliphatic rings. The van der Waals surface area contributed by atoms with E-state index in [4.69, 9.17) is 4.74 Å². The largest absolute Gasteiger partial charge is 0.381 e. The molecule has 2 unspecified atom stereocenters. The van der Waals surface area contributed by atoms with Gasteiger partial charge in [-0.05, 0) is 54.7 Å². The van der Waals surface area contributed by atoms with Crippen molar-refractivity contribution >= 4 is 16.8 Å². The number of aromatic nitrogens is 1. The molecule has 0 spiro atoms. The van der Waals surface area contributed by atoms with Crippen molar-refractivity contribution in [2.24, 2.45) is 18.9 Å². The number of rotatable bonds is 7. The summed E-state index contributed by atoms with van der Waals surface area (Å²) in [5.41, 5.74) is 2.83. The second-order valence-electron chi connectivity index (χ2n) is 10.6. The Morgan fingerprint density at radius 2 is 1.75 bits per heavy atom. The molecule has 2 fully saturated rings. The molecule has 0 radical (unpaired) electrons. The van der Waals surface area contributed by atoms with E-state index in [9.17, 15) is 9.59 Å². The SMILES string of the molecule is Cn1c(=O)c(CN(CC(c2ccccc2)C2CCCOC2)C(=O)C2CCCCC2)cc2ccccc21. The van der Waals surface area contributed by atoms with Crippen LogP contribution in [0.1, 0.15) is 62.0 Å². The predicted octanol–water partition coefficient (Wildman–Crippen LogP) is 5.66. The first-order valence-electron chi connectivity index (χ1n) is 13.6. The molecule has 190 valence electrons. The van der Waals surface area contributed by atoms with Crippen molar-refractivity contribution in [2.45, 2.75) is 57.4 Å². The standard InChI is InChI=1S/C31H38N2O3/c1-32-29-17-9-8-15-25(29)19-27(30(32)34)20-33(31(35)24-13-6-3-7-14-24)21-28(23-11-4-2-5-12-23)26-16-10-18-36-22-26/h2,4-5,8-9,11-12,15,17,19,24,26,28H,3,6-7,10,13-14,16,18,20-22H2,1H3. The molecule has 3 aromatic rings. The van der Waals surface area contributed by atoms with Gasteiger partial charge in [0.25, 0.3) is 5.56 Å². The normalized spacial score (nSPS) is 19.8. The van der Waals surface area contributed by atoms with Crippen molar-refractivity contribution in [3.63, 3.8) is 0 Å². The lowest BCUT2D eigenvalue weighted by molar-refractivity contribution is -0.138. The summed E-state index contributed by atoms with van der Waals surface area (Å²) in [6, 6.07) is 20.5. The van der Waals surface area contributed by atoms with Crippen LogP contribution in [0.4, 0.5) is 0 Å². The number of ether oxygens (including phenoxy) is 1. The van der Waals surface area contributed by atoms with E-state index in [-0.39, 0.29) is 23.3 Å². The molecule has 1 amide bonds. The molecular weight excluding hydrogens is 448 g/mol. The zero-order chi connectivity index (χ0) is 24.9. The Hall–Kier alpha value is -2.92. The van der Waals surface area contributed by atoms with Gasteiger partial charge in [-0.2, -0.15) is 0 Å². The number of para-hydroxylation sites is 1. The minimum Gasteiger partial charge on any atom is -0.381 e. The number of benzene rings is 2. The summed E-state index contributed by atoms with van der Waals surface area (Å²) in [4.78, 5) is 29.4. The molecule has 2 heterocycles. The summed E-state index contributed by atoms with van der Waals surface area (Å²) < 4.78 is 7.61. The van der Waals surface area contributed by atoms with Crippen LogP contribution >= 0.6 is 0 Å². The fraction of sp³-hybridized carbons (Fsp3) is 0.484. The highest BCUT2D eigenvalue weighted by Crippen LogP contribution is 2.34. The Balaban J connectivity index is 1.50. The summed E-state index contributed by atoms with van der Waals surface area (Å²) in [7, 11) is 1.83. The van der Waals surface area contributed by atoms with Crippen LogP contribution in [0.25, 0.3) is 10.9 Å². The summed E-state index contributed by atoms with van der Waals surface area (Å²) in [6.45, 7) is 2.51. The van der Waals surface area contributed by atoms with Crippen molar-refractivity contribution in [2.75, 3.05) is 19.8 Å². The van der Waals surface area contributed by atoms with Gasteiger partial charge < -0.3 is 14.2 Å². The molecule has 1 aromatic heterocycles. The van der Waals surface area contributed by atoms with Crippen molar-refractivity contribution in [3.05, 3.63) is 82.1 Å². The molecule has 2 aromatic carbocycles. The molecule has 5 rings (SSSR count). The van der Waals surface area contributed by atoms with E-state index >= 15 is 0 Å². The highest BCUT2D eigenvalue weighted by molar-refractivity contribution is 5.81. The van der Waals surface area contributed by atoms with Gasteiger partial charge in [0.15, 0.2) is 0 Å². The van der Waals surface area contributed by atoms with Crippen molar-refractivity contribution in [1.82, 2.24) is 9.47 Å². The maximum absolute atomic E-state index is 14.0. The first kappa shape index (κ1) is 24.8. The quantitative estimate of drug-likeness (QED) is 0.433. The number of aryl methyl sites for hydroxylation is 1. The van der Waals surface area contributed by atoms with Crippen LogP contribution < -0.4 is 5.56 Å². The highest BCUT2D eigenvalue weighted by atomic mass is 16.5. The van der Waals surface area contributed by atoms with Crippen LogP contribution in [0.15, 0.2) is 65.5 Å². The van der Waals surface area contributed by atoms with Gasteiger partial charge in [0, 0.05) is 37.6 Å². The van der Waals surface area contributed by atoms with Crippen molar-refractivity contribution < 1.29 is 9.53 Å². The number of amides is 1. The van der Waals surface area contributed by atoms with Crippen LogP contribution in [-0.4, -0.2) is 35.1 Å². The molecule has 1 saturated heterocycles. The Morgan fingerprint density at radius 3 is 2.50 bits per heavy atom. The van der Waals surface area contributed by atoms with Crippen molar-refractivity contribution in [1.29, 1.82) is 0 Å². The smallest absolute Gasteiger partial charge is 0.255 e. The first-order valence-corrected chi connectivity index (χ1v) is 13.6. The van der Waals surface area contributed by atoms with Gasteiger partial charge in [-0.3, -0.25) is 9.59 Å². The second-order valence-corrected chi connectivity index (χ2v) is 10.6. The van der Waals surface area contributed by atoms with E-state index in [1.165, 1.54) is 12.0 Å². The van der Waals surface area contributed by atoms with E-state index in [2.05, 4.69) is 24.3 Å². The third kappa shape index (κ3) is 5.41. The lowest BCUT2D eigenvalue weighted by Gasteiger charge is -2.36. The number of hydrogen-bond donors (Lipinski definition) is 0. The molecule has 5 nitrogen and oxygen atoms in total. The number of hydrogen-bond acceptors (Lipinski definition) is 3. The summed E-state index contributed by atoms with van der Waals surface area (Å²) >= 11 is 0. The predicted molar refractivity (Wildman–Crippen MR) is 144 cm³/mol. The third-order valence-electron chi connectivity index (χ3n) is 8.24. The molecule has 0 bridgehead atoms. The molecule has 2 atom stereocenters. The Labute approximate surface area is 214 Å². The van der Waals surface area contributed by atoms with Gasteiger partial charge in [0.05, 0.1) is 18.7 Å². The number of pyridine rings is 1. The Kier molecular flexibility index (Phi) is 7.86. The lowest BCUT2D eigenvalue weighted by atomic mass is 9.81. The summed E-state index contributed by atoms with van der Waals surface area (Å²) in [6.07, 6.45) is 7.49. The number of carbonyl (C=O) groups is 1. The minimum atomic E-state index is -0.0209. The fourth-order valence-electron chi connectivity index (χ4n) is 6.20. The zero-order valence-corrected chi connectivity index (χ0v) is 21.4. The van der Waals surface area contributed by atoms with Gasteiger partial charge in [0.2, 0.25) is 5.91 Å². The van der Waals surface area contributed by atoms with Crippen LogP contribution in [0, 0.1) is 11.8 Å². The average molecular weight is 487 g/mol. The van der Waals surface area contributed by atoms with Crippen molar-refractivity contribution in [3.8, 4) is 0 Å². The maximum Gasteiger partial charge on any atom is 0.255 e. The van der Waals surface area contributed by atoms with E-state index in [1.54, 1.807) is 4.57 Å². The molecule has 1 saturated carbocycles. The average Bonchev–Trinajstić information content (AvgIpc) is 2.94. The van der Waals surface area contributed by atoms with Gasteiger partial charge in [-0.1, -0.05) is 67.8 Å². The molecular formula is C31H38N2O3. The fourth-order valence-corrected chi connectivity index (χ4v) is 6.20. The van der Waals surface area contributed by atoms with Gasteiger partial charge in [-0.15, -0.1) is 0 Å². The van der Waals surface area contributed by atoms with Gasteiger partial charge in [-0.25, -0.2) is 0 Å². The van der Waals surface area contributed by atoms with Crippen LogP contribution in [0.3, 0.4) is 0 Å². The second kappa shape index (κ2) is 11.4. The first-order chi connectivity index (χ1) is 17.6. The molecule has 1 aliphatic heterocycles. The zero-order valence-electron chi connectivity index (χ0n) is 21.4. The van der Waals surface area contributed by atoms with E-state index in [0.29, 0.717) is 24.6 Å². The van der Waals surface area contributed by atoms with Crippen LogP contribution in [0.5, 0.6) is 0 Å². The highest BCUT2D eigenvalue weighted by Gasteiger charge is 2.32. The van der Waals surface area contributed by atoms with Crippen LogP contribution in [0.2, 0.25) is 0 Å².